The van der Waals surface area contributed by atoms with Gasteiger partial charge in [0.2, 0.25) is 0 Å². The van der Waals surface area contributed by atoms with Gasteiger partial charge in [-0.15, -0.1) is 11.6 Å². The minimum Gasteiger partial charge on any atom is -0.399 e. The molecule has 0 saturated heterocycles. The van der Waals surface area contributed by atoms with Crippen LogP contribution in [0.15, 0.2) is 24.3 Å². The third kappa shape index (κ3) is 7.27. The Bertz CT molecular complexity index is 281. The van der Waals surface area contributed by atoms with Crippen molar-refractivity contribution in [3.8, 4) is 0 Å². The summed E-state index contributed by atoms with van der Waals surface area (Å²) in [5, 5.41) is 0. The van der Waals surface area contributed by atoms with Crippen molar-refractivity contribution < 1.29 is 0 Å². The van der Waals surface area contributed by atoms with Gasteiger partial charge in [-0.2, -0.15) is 0 Å². The topological polar surface area (TPSA) is 26.0 Å². The molecule has 2 N–H and O–H groups in total. The molecule has 0 aliphatic heterocycles. The molecule has 0 unspecified atom stereocenters. The van der Waals surface area contributed by atoms with E-state index >= 15 is 0 Å². The number of aryl methyl sites for hydroxylation is 1. The van der Waals surface area contributed by atoms with Gasteiger partial charge in [0.25, 0.3) is 0 Å². The highest BCUT2D eigenvalue weighted by Gasteiger charge is 1.94. The second kappa shape index (κ2) is 9.35. The highest BCUT2D eigenvalue weighted by Crippen LogP contribution is 2.12. The Morgan fingerprint density at radius 1 is 0.765 bits per heavy atom. The van der Waals surface area contributed by atoms with Gasteiger partial charge in [-0.25, -0.2) is 0 Å². The maximum absolute atomic E-state index is 5.65. The van der Waals surface area contributed by atoms with E-state index in [0.717, 1.165) is 11.6 Å². The summed E-state index contributed by atoms with van der Waals surface area (Å²) in [5.74, 6) is 0.817. The molecule has 1 aromatic carbocycles. The molecule has 0 bridgehead atoms. The average Bonchev–Trinajstić information content (AvgIpc) is 2.35. The van der Waals surface area contributed by atoms with Crippen molar-refractivity contribution in [2.24, 2.45) is 0 Å². The van der Waals surface area contributed by atoms with E-state index in [1.165, 1.54) is 56.9 Å². The fraction of sp³-hybridized carbons (Fsp3) is 0.600. The predicted molar refractivity (Wildman–Crippen MR) is 77.6 cm³/mol. The second-order valence-electron chi connectivity index (χ2n) is 4.66. The van der Waals surface area contributed by atoms with Crippen LogP contribution in [-0.4, -0.2) is 5.88 Å². The number of alkyl halides is 1. The Kier molecular flexibility index (Phi) is 7.91. The summed E-state index contributed by atoms with van der Waals surface area (Å²) in [5.41, 5.74) is 7.91. The lowest BCUT2D eigenvalue weighted by atomic mass is 10.0. The number of rotatable bonds is 9. The van der Waals surface area contributed by atoms with E-state index in [-0.39, 0.29) is 0 Å². The lowest BCUT2D eigenvalue weighted by molar-refractivity contribution is 0.590. The van der Waals surface area contributed by atoms with Crippen molar-refractivity contribution in [2.75, 3.05) is 11.6 Å². The van der Waals surface area contributed by atoms with Crippen LogP contribution in [-0.2, 0) is 6.42 Å². The number of benzene rings is 1. The summed E-state index contributed by atoms with van der Waals surface area (Å²) in [6.45, 7) is 0. The molecule has 0 spiro atoms. The quantitative estimate of drug-likeness (QED) is 0.383. The van der Waals surface area contributed by atoms with Gasteiger partial charge in [0.05, 0.1) is 0 Å². The van der Waals surface area contributed by atoms with Crippen LogP contribution in [0.25, 0.3) is 0 Å². The summed E-state index contributed by atoms with van der Waals surface area (Å²) in [6.07, 6.45) is 10.3. The number of nitrogen functional groups attached to an aromatic ring is 1. The first kappa shape index (κ1) is 14.4. The molecule has 1 nitrogen and oxygen atoms in total. The lowest BCUT2D eigenvalue weighted by Gasteiger charge is -2.03. The molecule has 2 heteroatoms. The molecule has 1 aromatic rings. The fourth-order valence-electron chi connectivity index (χ4n) is 1.99. The number of hydrogen-bond donors (Lipinski definition) is 1. The van der Waals surface area contributed by atoms with E-state index in [1.807, 2.05) is 12.1 Å². The van der Waals surface area contributed by atoms with Crippen LogP contribution in [0.3, 0.4) is 0 Å². The molecule has 0 atom stereocenters. The molecule has 0 aliphatic rings. The Morgan fingerprint density at radius 2 is 1.29 bits per heavy atom. The standard InChI is InChI=1S/C15H24ClN/c16-13-7-5-3-1-2-4-6-8-14-9-11-15(17)12-10-14/h9-12H,1-8,13,17H2. The summed E-state index contributed by atoms with van der Waals surface area (Å²) >= 11 is 5.63. The predicted octanol–water partition coefficient (Wildman–Crippen LogP) is 4.78. The van der Waals surface area contributed by atoms with Crippen molar-refractivity contribution >= 4 is 17.3 Å². The molecule has 0 aromatic heterocycles. The number of unbranched alkanes of at least 4 members (excludes halogenated alkanes) is 6. The van der Waals surface area contributed by atoms with Crippen molar-refractivity contribution in [3.05, 3.63) is 29.8 Å². The molecule has 96 valence electrons. The molecular weight excluding hydrogens is 230 g/mol. The van der Waals surface area contributed by atoms with Crippen molar-refractivity contribution in [2.45, 2.75) is 51.4 Å². The van der Waals surface area contributed by atoms with Crippen LogP contribution in [0.4, 0.5) is 5.69 Å². The summed E-state index contributed by atoms with van der Waals surface area (Å²) < 4.78 is 0. The monoisotopic (exact) mass is 253 g/mol. The average molecular weight is 254 g/mol. The molecule has 0 heterocycles. The Labute approximate surface area is 110 Å². The SMILES string of the molecule is Nc1ccc(CCCCCCCCCCl)cc1. The van der Waals surface area contributed by atoms with Crippen LogP contribution in [0, 0.1) is 0 Å². The third-order valence-corrected chi connectivity index (χ3v) is 3.35. The third-order valence-electron chi connectivity index (χ3n) is 3.08. The molecule has 0 saturated carbocycles. The second-order valence-corrected chi connectivity index (χ2v) is 5.03. The zero-order valence-corrected chi connectivity index (χ0v) is 11.4. The van der Waals surface area contributed by atoms with E-state index in [4.69, 9.17) is 17.3 Å². The fourth-order valence-corrected chi connectivity index (χ4v) is 2.18. The number of anilines is 1. The molecule has 17 heavy (non-hydrogen) atoms. The molecule has 0 amide bonds. The van der Waals surface area contributed by atoms with Gasteiger partial charge in [-0.3, -0.25) is 0 Å². The smallest absolute Gasteiger partial charge is 0.0314 e. The number of halogens is 1. The van der Waals surface area contributed by atoms with Crippen LogP contribution in [0.1, 0.15) is 50.5 Å². The van der Waals surface area contributed by atoms with Crippen LogP contribution in [0.2, 0.25) is 0 Å². The van der Waals surface area contributed by atoms with E-state index < -0.39 is 0 Å². The largest absolute Gasteiger partial charge is 0.399 e. The molecular formula is C15H24ClN. The molecule has 1 rings (SSSR count). The lowest BCUT2D eigenvalue weighted by Crippen LogP contribution is -1.88. The van der Waals surface area contributed by atoms with Gasteiger partial charge >= 0.3 is 0 Å². The van der Waals surface area contributed by atoms with Gasteiger partial charge in [-0.05, 0) is 37.0 Å². The van der Waals surface area contributed by atoms with Gasteiger partial charge in [-0.1, -0.05) is 44.2 Å². The summed E-state index contributed by atoms with van der Waals surface area (Å²) in [4.78, 5) is 0. The van der Waals surface area contributed by atoms with Gasteiger partial charge < -0.3 is 5.73 Å². The Balaban J connectivity index is 1.95. The Hall–Kier alpha value is -0.690. The summed E-state index contributed by atoms with van der Waals surface area (Å²) in [6, 6.07) is 8.24. The molecule has 0 radical (unpaired) electrons. The highest BCUT2D eigenvalue weighted by molar-refractivity contribution is 6.17. The Morgan fingerprint density at radius 3 is 1.88 bits per heavy atom. The van der Waals surface area contributed by atoms with E-state index in [9.17, 15) is 0 Å². The van der Waals surface area contributed by atoms with Gasteiger partial charge in [0.1, 0.15) is 0 Å². The van der Waals surface area contributed by atoms with Crippen LogP contribution >= 0.6 is 11.6 Å². The first-order valence-electron chi connectivity index (χ1n) is 6.73. The highest BCUT2D eigenvalue weighted by atomic mass is 35.5. The maximum atomic E-state index is 5.65. The molecule has 0 aliphatic carbocycles. The van der Waals surface area contributed by atoms with Crippen LogP contribution < -0.4 is 5.73 Å². The zero-order chi connectivity index (χ0) is 12.3. The van der Waals surface area contributed by atoms with Crippen molar-refractivity contribution in [1.82, 2.24) is 0 Å². The first-order valence-corrected chi connectivity index (χ1v) is 7.27. The van der Waals surface area contributed by atoms with E-state index in [1.54, 1.807) is 0 Å². The van der Waals surface area contributed by atoms with Crippen molar-refractivity contribution in [3.63, 3.8) is 0 Å². The number of hydrogen-bond acceptors (Lipinski definition) is 1. The van der Waals surface area contributed by atoms with E-state index in [2.05, 4.69) is 12.1 Å². The number of nitrogens with two attached hydrogens (primary N) is 1. The zero-order valence-electron chi connectivity index (χ0n) is 10.6. The molecule has 0 fully saturated rings. The minimum absolute atomic E-state index is 0.817. The first-order chi connectivity index (χ1) is 8.33. The van der Waals surface area contributed by atoms with Gasteiger partial charge in [0, 0.05) is 11.6 Å². The maximum Gasteiger partial charge on any atom is 0.0314 e. The van der Waals surface area contributed by atoms with Gasteiger partial charge in [0.15, 0.2) is 0 Å². The normalized spacial score (nSPS) is 10.6. The van der Waals surface area contributed by atoms with E-state index in [0.29, 0.717) is 0 Å². The minimum atomic E-state index is 0.817. The van der Waals surface area contributed by atoms with Crippen molar-refractivity contribution in [1.29, 1.82) is 0 Å². The summed E-state index contributed by atoms with van der Waals surface area (Å²) in [7, 11) is 0. The van der Waals surface area contributed by atoms with Crippen LogP contribution in [0.5, 0.6) is 0 Å².